The summed E-state index contributed by atoms with van der Waals surface area (Å²) in [6, 6.07) is 10.8. The van der Waals surface area contributed by atoms with E-state index in [1.165, 1.54) is 24.0 Å². The number of nitrogens with one attached hydrogen (secondary N) is 1. The standard InChI is InChI=1S/C16H25N/c1-4-17-13-16(12-8-9-14(2)3)15-10-6-5-7-11-15/h5-7,10-11,16-17H,2,4,8-9,12-13H2,1,3H3. The third kappa shape index (κ3) is 5.69. The molecule has 0 saturated carbocycles. The van der Waals surface area contributed by atoms with Crippen molar-refractivity contribution in [2.24, 2.45) is 0 Å². The first kappa shape index (κ1) is 14.0. The number of benzene rings is 1. The van der Waals surface area contributed by atoms with Crippen LogP contribution in [0.25, 0.3) is 0 Å². The fourth-order valence-corrected chi connectivity index (χ4v) is 2.08. The van der Waals surface area contributed by atoms with Crippen molar-refractivity contribution in [1.82, 2.24) is 5.32 Å². The Morgan fingerprint density at radius 3 is 2.59 bits per heavy atom. The second kappa shape index (κ2) is 8.08. The average Bonchev–Trinajstić information content (AvgIpc) is 2.34. The molecule has 1 nitrogen and oxygen atoms in total. The highest BCUT2D eigenvalue weighted by atomic mass is 14.8. The smallest absolute Gasteiger partial charge is 0.00200 e. The zero-order chi connectivity index (χ0) is 12.5. The molecule has 0 aliphatic carbocycles. The van der Waals surface area contributed by atoms with Gasteiger partial charge in [0.1, 0.15) is 0 Å². The Labute approximate surface area is 106 Å². The largest absolute Gasteiger partial charge is 0.316 e. The SMILES string of the molecule is C=C(C)CCCC(CNCC)c1ccccc1. The molecule has 1 aromatic carbocycles. The van der Waals surface area contributed by atoms with Crippen LogP contribution in [0.4, 0.5) is 0 Å². The highest BCUT2D eigenvalue weighted by molar-refractivity contribution is 5.19. The van der Waals surface area contributed by atoms with E-state index in [1.807, 2.05) is 0 Å². The molecule has 1 N–H and O–H groups in total. The van der Waals surface area contributed by atoms with Gasteiger partial charge < -0.3 is 5.32 Å². The minimum Gasteiger partial charge on any atom is -0.316 e. The second-order valence-electron chi connectivity index (χ2n) is 4.76. The normalized spacial score (nSPS) is 12.4. The van der Waals surface area contributed by atoms with Crippen LogP contribution in [-0.4, -0.2) is 13.1 Å². The van der Waals surface area contributed by atoms with Gasteiger partial charge in [-0.2, -0.15) is 0 Å². The molecule has 17 heavy (non-hydrogen) atoms. The molecule has 1 aromatic rings. The summed E-state index contributed by atoms with van der Waals surface area (Å²) in [6.07, 6.45) is 3.62. The van der Waals surface area contributed by atoms with Gasteiger partial charge in [0.15, 0.2) is 0 Å². The van der Waals surface area contributed by atoms with Crippen molar-refractivity contribution in [3.63, 3.8) is 0 Å². The molecule has 0 heterocycles. The van der Waals surface area contributed by atoms with Crippen LogP contribution in [0.2, 0.25) is 0 Å². The molecule has 0 radical (unpaired) electrons. The number of allylic oxidation sites excluding steroid dienone is 1. The van der Waals surface area contributed by atoms with Gasteiger partial charge in [-0.1, -0.05) is 42.8 Å². The predicted molar refractivity (Wildman–Crippen MR) is 76.4 cm³/mol. The van der Waals surface area contributed by atoms with Crippen molar-refractivity contribution in [3.8, 4) is 0 Å². The summed E-state index contributed by atoms with van der Waals surface area (Å²) in [5.74, 6) is 0.635. The summed E-state index contributed by atoms with van der Waals surface area (Å²) in [4.78, 5) is 0. The summed E-state index contributed by atoms with van der Waals surface area (Å²) in [6.45, 7) is 10.4. The molecule has 0 fully saturated rings. The molecule has 1 unspecified atom stereocenters. The molecule has 0 aliphatic rings. The molecule has 94 valence electrons. The predicted octanol–water partition coefficient (Wildman–Crippen LogP) is 4.13. The minimum absolute atomic E-state index is 0.635. The maximum absolute atomic E-state index is 3.97. The van der Waals surface area contributed by atoms with Crippen LogP contribution in [0.3, 0.4) is 0 Å². The summed E-state index contributed by atoms with van der Waals surface area (Å²) in [5, 5.41) is 3.46. The molecule has 0 bridgehead atoms. The minimum atomic E-state index is 0.635. The van der Waals surface area contributed by atoms with Gasteiger partial charge >= 0.3 is 0 Å². The lowest BCUT2D eigenvalue weighted by molar-refractivity contribution is 0.542. The fraction of sp³-hybridized carbons (Fsp3) is 0.500. The Kier molecular flexibility index (Phi) is 6.64. The maximum atomic E-state index is 3.97. The van der Waals surface area contributed by atoms with E-state index in [-0.39, 0.29) is 0 Å². The van der Waals surface area contributed by atoms with E-state index in [1.54, 1.807) is 0 Å². The van der Waals surface area contributed by atoms with E-state index in [4.69, 9.17) is 0 Å². The van der Waals surface area contributed by atoms with Crippen LogP contribution in [-0.2, 0) is 0 Å². The van der Waals surface area contributed by atoms with Crippen molar-refractivity contribution >= 4 is 0 Å². The van der Waals surface area contributed by atoms with Crippen LogP contribution >= 0.6 is 0 Å². The molecule has 1 heteroatoms. The monoisotopic (exact) mass is 231 g/mol. The van der Waals surface area contributed by atoms with Crippen molar-refractivity contribution < 1.29 is 0 Å². The highest BCUT2D eigenvalue weighted by Gasteiger charge is 2.10. The van der Waals surface area contributed by atoms with Gasteiger partial charge in [-0.15, -0.1) is 6.58 Å². The summed E-state index contributed by atoms with van der Waals surface area (Å²) >= 11 is 0. The van der Waals surface area contributed by atoms with Gasteiger partial charge in [0.2, 0.25) is 0 Å². The van der Waals surface area contributed by atoms with Crippen molar-refractivity contribution in [2.75, 3.05) is 13.1 Å². The molecule has 0 aliphatic heterocycles. The van der Waals surface area contributed by atoms with Crippen LogP contribution in [0.5, 0.6) is 0 Å². The Morgan fingerprint density at radius 2 is 2.00 bits per heavy atom. The second-order valence-corrected chi connectivity index (χ2v) is 4.76. The first-order chi connectivity index (χ1) is 8.24. The first-order valence-electron chi connectivity index (χ1n) is 6.64. The van der Waals surface area contributed by atoms with Crippen LogP contribution < -0.4 is 5.32 Å². The summed E-state index contributed by atoms with van der Waals surface area (Å²) in [7, 11) is 0. The van der Waals surface area contributed by atoms with Crippen LogP contribution in [0, 0.1) is 0 Å². The lowest BCUT2D eigenvalue weighted by atomic mass is 9.92. The van der Waals surface area contributed by atoms with Crippen molar-refractivity contribution in [2.45, 2.75) is 39.0 Å². The summed E-state index contributed by atoms with van der Waals surface area (Å²) in [5.41, 5.74) is 2.75. The molecule has 0 aromatic heterocycles. The Hall–Kier alpha value is -1.08. The molecule has 0 saturated heterocycles. The molecular weight excluding hydrogens is 206 g/mol. The van der Waals surface area contributed by atoms with E-state index in [2.05, 4.69) is 56.1 Å². The zero-order valence-electron chi connectivity index (χ0n) is 11.2. The average molecular weight is 231 g/mol. The van der Waals surface area contributed by atoms with Gasteiger partial charge in [0.05, 0.1) is 0 Å². The van der Waals surface area contributed by atoms with E-state index in [0.29, 0.717) is 5.92 Å². The number of rotatable bonds is 8. The number of likely N-dealkylation sites (N-methyl/N-ethyl adjacent to an activating group) is 1. The van der Waals surface area contributed by atoms with Gasteiger partial charge in [-0.25, -0.2) is 0 Å². The Balaban J connectivity index is 2.51. The molecular formula is C16H25N. The van der Waals surface area contributed by atoms with Crippen LogP contribution in [0.1, 0.15) is 44.6 Å². The molecule has 0 amide bonds. The van der Waals surface area contributed by atoms with Gasteiger partial charge in [0.25, 0.3) is 0 Å². The van der Waals surface area contributed by atoms with Gasteiger partial charge in [0, 0.05) is 6.54 Å². The topological polar surface area (TPSA) is 12.0 Å². The third-order valence-corrected chi connectivity index (χ3v) is 3.07. The molecule has 1 atom stereocenters. The van der Waals surface area contributed by atoms with E-state index in [0.717, 1.165) is 19.5 Å². The molecule has 1 rings (SSSR count). The fourth-order valence-electron chi connectivity index (χ4n) is 2.08. The maximum Gasteiger partial charge on any atom is 0.00200 e. The van der Waals surface area contributed by atoms with Gasteiger partial charge in [-0.05, 0) is 44.2 Å². The zero-order valence-corrected chi connectivity index (χ0v) is 11.2. The van der Waals surface area contributed by atoms with Gasteiger partial charge in [-0.3, -0.25) is 0 Å². The lowest BCUT2D eigenvalue weighted by Gasteiger charge is -2.17. The quantitative estimate of drug-likeness (QED) is 0.663. The van der Waals surface area contributed by atoms with Crippen LogP contribution in [0.15, 0.2) is 42.5 Å². The van der Waals surface area contributed by atoms with E-state index < -0.39 is 0 Å². The van der Waals surface area contributed by atoms with Crippen molar-refractivity contribution in [1.29, 1.82) is 0 Å². The Bertz CT molecular complexity index is 316. The highest BCUT2D eigenvalue weighted by Crippen LogP contribution is 2.22. The number of hydrogen-bond donors (Lipinski definition) is 1. The Morgan fingerprint density at radius 1 is 1.29 bits per heavy atom. The molecule has 0 spiro atoms. The lowest BCUT2D eigenvalue weighted by Crippen LogP contribution is -2.21. The van der Waals surface area contributed by atoms with Crippen molar-refractivity contribution in [3.05, 3.63) is 48.0 Å². The first-order valence-corrected chi connectivity index (χ1v) is 6.64. The number of hydrogen-bond acceptors (Lipinski definition) is 1. The third-order valence-electron chi connectivity index (χ3n) is 3.07. The summed E-state index contributed by atoms with van der Waals surface area (Å²) < 4.78 is 0. The van der Waals surface area contributed by atoms with E-state index >= 15 is 0 Å². The van der Waals surface area contributed by atoms with E-state index in [9.17, 15) is 0 Å².